The molecule has 0 aromatic heterocycles. The van der Waals surface area contributed by atoms with Crippen LogP contribution in [0.5, 0.6) is 0 Å². The molecule has 0 bridgehead atoms. The van der Waals surface area contributed by atoms with Crippen molar-refractivity contribution in [3.8, 4) is 0 Å². The van der Waals surface area contributed by atoms with Crippen LogP contribution in [-0.2, 0) is 9.59 Å². The lowest BCUT2D eigenvalue weighted by Gasteiger charge is -2.29. The van der Waals surface area contributed by atoms with Crippen molar-refractivity contribution >= 4 is 11.8 Å². The van der Waals surface area contributed by atoms with E-state index >= 15 is 0 Å². The van der Waals surface area contributed by atoms with Gasteiger partial charge in [-0.1, -0.05) is 13.8 Å². The van der Waals surface area contributed by atoms with E-state index < -0.39 is 11.4 Å². The predicted octanol–water partition coefficient (Wildman–Crippen LogP) is -0.114. The summed E-state index contributed by atoms with van der Waals surface area (Å²) in [5, 5.41) is 2.70. The zero-order chi connectivity index (χ0) is 11.9. The van der Waals surface area contributed by atoms with E-state index in [0.29, 0.717) is 32.2 Å². The van der Waals surface area contributed by atoms with Crippen LogP contribution < -0.4 is 16.8 Å². The molecule has 0 radical (unpaired) electrons. The molecule has 0 saturated heterocycles. The van der Waals surface area contributed by atoms with Gasteiger partial charge in [0.15, 0.2) is 0 Å². The first kappa shape index (κ1) is 13.9. The molecule has 0 rings (SSSR count). The molecule has 0 unspecified atom stereocenters. The molecule has 0 saturated carbocycles. The van der Waals surface area contributed by atoms with Crippen LogP contribution in [0, 0.1) is 0 Å². The van der Waals surface area contributed by atoms with Gasteiger partial charge in [0.05, 0.1) is 0 Å². The van der Waals surface area contributed by atoms with Gasteiger partial charge < -0.3 is 16.8 Å². The fraction of sp³-hybridized carbons (Fsp3) is 0.800. The van der Waals surface area contributed by atoms with Crippen molar-refractivity contribution in [2.45, 2.75) is 45.1 Å². The van der Waals surface area contributed by atoms with Crippen LogP contribution in [0.3, 0.4) is 0 Å². The number of nitrogens with two attached hydrogens (primary N) is 2. The molecule has 0 aromatic carbocycles. The van der Waals surface area contributed by atoms with Gasteiger partial charge in [0, 0.05) is 6.42 Å². The Morgan fingerprint density at radius 3 is 2.13 bits per heavy atom. The minimum absolute atomic E-state index is 0.164. The molecule has 15 heavy (non-hydrogen) atoms. The molecule has 0 spiro atoms. The molecule has 0 aliphatic carbocycles. The number of carbonyl (C=O) groups is 2. The van der Waals surface area contributed by atoms with E-state index in [1.54, 1.807) is 0 Å². The number of primary amides is 1. The first-order valence-electron chi connectivity index (χ1n) is 5.33. The number of amides is 2. The molecule has 0 atom stereocenters. The Morgan fingerprint density at radius 1 is 1.27 bits per heavy atom. The van der Waals surface area contributed by atoms with Gasteiger partial charge >= 0.3 is 0 Å². The van der Waals surface area contributed by atoms with Crippen molar-refractivity contribution in [3.05, 3.63) is 0 Å². The van der Waals surface area contributed by atoms with Gasteiger partial charge in [-0.25, -0.2) is 0 Å². The van der Waals surface area contributed by atoms with E-state index in [9.17, 15) is 9.59 Å². The van der Waals surface area contributed by atoms with Gasteiger partial charge in [-0.2, -0.15) is 0 Å². The van der Waals surface area contributed by atoms with Gasteiger partial charge in [0.25, 0.3) is 0 Å². The van der Waals surface area contributed by atoms with E-state index in [0.717, 1.165) is 0 Å². The van der Waals surface area contributed by atoms with Crippen molar-refractivity contribution in [1.82, 2.24) is 5.32 Å². The molecule has 0 aliphatic rings. The third-order valence-corrected chi connectivity index (χ3v) is 2.67. The maximum Gasteiger partial charge on any atom is 0.243 e. The maximum atomic E-state index is 11.5. The summed E-state index contributed by atoms with van der Waals surface area (Å²) in [5.74, 6) is -0.642. The summed E-state index contributed by atoms with van der Waals surface area (Å²) in [6.07, 6.45) is 1.97. The quantitative estimate of drug-likeness (QED) is 0.552. The molecule has 0 heterocycles. The van der Waals surface area contributed by atoms with Gasteiger partial charge in [-0.05, 0) is 25.8 Å². The molecule has 0 aromatic rings. The third kappa shape index (κ3) is 3.87. The SMILES string of the molecule is CCC(CC)(NC(=O)CCCN)C(N)=O. The number of hydrogen-bond donors (Lipinski definition) is 3. The average Bonchev–Trinajstić information content (AvgIpc) is 2.22. The van der Waals surface area contributed by atoms with E-state index in [-0.39, 0.29) is 5.91 Å². The number of rotatable bonds is 7. The molecule has 88 valence electrons. The molecule has 0 aliphatic heterocycles. The van der Waals surface area contributed by atoms with E-state index in [2.05, 4.69) is 5.32 Å². The molecular formula is C10H21N3O2. The summed E-state index contributed by atoms with van der Waals surface area (Å²) in [6, 6.07) is 0. The lowest BCUT2D eigenvalue weighted by atomic mass is 9.91. The van der Waals surface area contributed by atoms with Crippen LogP contribution in [0.25, 0.3) is 0 Å². The zero-order valence-electron chi connectivity index (χ0n) is 9.51. The standard InChI is InChI=1S/C10H21N3O2/c1-3-10(4-2,9(12)15)13-8(14)6-5-7-11/h3-7,11H2,1-2H3,(H2,12,15)(H,13,14). The maximum absolute atomic E-state index is 11.5. The Kier molecular flexibility index (Phi) is 5.93. The second-order valence-electron chi connectivity index (χ2n) is 3.59. The van der Waals surface area contributed by atoms with Gasteiger partial charge in [-0.15, -0.1) is 0 Å². The summed E-state index contributed by atoms with van der Waals surface area (Å²) in [7, 11) is 0. The van der Waals surface area contributed by atoms with Crippen LogP contribution >= 0.6 is 0 Å². The number of nitrogens with one attached hydrogen (secondary N) is 1. The van der Waals surface area contributed by atoms with Crippen LogP contribution in [0.2, 0.25) is 0 Å². The summed E-state index contributed by atoms with van der Waals surface area (Å²) in [4.78, 5) is 22.7. The highest BCUT2D eigenvalue weighted by Gasteiger charge is 2.33. The summed E-state index contributed by atoms with van der Waals surface area (Å²) < 4.78 is 0. The minimum atomic E-state index is -0.897. The highest BCUT2D eigenvalue weighted by atomic mass is 16.2. The second kappa shape index (κ2) is 6.40. The topological polar surface area (TPSA) is 98.2 Å². The molecule has 2 amide bonds. The largest absolute Gasteiger partial charge is 0.368 e. The monoisotopic (exact) mass is 215 g/mol. The van der Waals surface area contributed by atoms with Gasteiger partial charge in [0.2, 0.25) is 11.8 Å². The third-order valence-electron chi connectivity index (χ3n) is 2.67. The first-order chi connectivity index (χ1) is 7.02. The normalized spacial score (nSPS) is 11.1. The fourth-order valence-corrected chi connectivity index (χ4v) is 1.43. The van der Waals surface area contributed by atoms with Crippen LogP contribution in [0.4, 0.5) is 0 Å². The van der Waals surface area contributed by atoms with Crippen molar-refractivity contribution in [3.63, 3.8) is 0 Å². The fourth-order valence-electron chi connectivity index (χ4n) is 1.43. The molecule has 5 N–H and O–H groups in total. The highest BCUT2D eigenvalue weighted by molar-refractivity contribution is 5.90. The Labute approximate surface area is 90.6 Å². The average molecular weight is 215 g/mol. The van der Waals surface area contributed by atoms with Crippen LogP contribution in [-0.4, -0.2) is 23.9 Å². The number of hydrogen-bond acceptors (Lipinski definition) is 3. The van der Waals surface area contributed by atoms with Crippen molar-refractivity contribution in [1.29, 1.82) is 0 Å². The Balaban J connectivity index is 4.40. The van der Waals surface area contributed by atoms with Crippen LogP contribution in [0.15, 0.2) is 0 Å². The van der Waals surface area contributed by atoms with E-state index in [1.807, 2.05) is 13.8 Å². The minimum Gasteiger partial charge on any atom is -0.368 e. The molecular weight excluding hydrogens is 194 g/mol. The van der Waals surface area contributed by atoms with E-state index in [1.165, 1.54) is 0 Å². The highest BCUT2D eigenvalue weighted by Crippen LogP contribution is 2.14. The lowest BCUT2D eigenvalue weighted by Crippen LogP contribution is -2.56. The summed E-state index contributed by atoms with van der Waals surface area (Å²) in [6.45, 7) is 4.13. The Morgan fingerprint density at radius 2 is 1.80 bits per heavy atom. The summed E-state index contributed by atoms with van der Waals surface area (Å²) in [5.41, 5.74) is 9.69. The first-order valence-corrected chi connectivity index (χ1v) is 5.33. The second-order valence-corrected chi connectivity index (χ2v) is 3.59. The number of carbonyl (C=O) groups excluding carboxylic acids is 2. The van der Waals surface area contributed by atoms with Gasteiger partial charge in [0.1, 0.15) is 5.54 Å². The summed E-state index contributed by atoms with van der Waals surface area (Å²) >= 11 is 0. The smallest absolute Gasteiger partial charge is 0.243 e. The van der Waals surface area contributed by atoms with Crippen molar-refractivity contribution in [2.75, 3.05) is 6.54 Å². The predicted molar refractivity (Wildman–Crippen MR) is 58.9 cm³/mol. The lowest BCUT2D eigenvalue weighted by molar-refractivity contribution is -0.132. The Bertz CT molecular complexity index is 225. The molecule has 5 heteroatoms. The molecule has 5 nitrogen and oxygen atoms in total. The van der Waals surface area contributed by atoms with Crippen molar-refractivity contribution < 1.29 is 9.59 Å². The van der Waals surface area contributed by atoms with Crippen molar-refractivity contribution in [2.24, 2.45) is 11.5 Å². The van der Waals surface area contributed by atoms with E-state index in [4.69, 9.17) is 11.5 Å². The van der Waals surface area contributed by atoms with Crippen LogP contribution in [0.1, 0.15) is 39.5 Å². The molecule has 0 fully saturated rings. The Hall–Kier alpha value is -1.10. The van der Waals surface area contributed by atoms with Gasteiger partial charge in [-0.3, -0.25) is 9.59 Å². The zero-order valence-corrected chi connectivity index (χ0v) is 9.51.